The fourth-order valence-electron chi connectivity index (χ4n) is 4.92. The Hall–Kier alpha value is -3.40. The number of ether oxygens (including phenoxy) is 2. The Morgan fingerprint density at radius 2 is 1.37 bits per heavy atom. The van der Waals surface area contributed by atoms with Crippen molar-refractivity contribution in [1.29, 1.82) is 0 Å². The number of piperazine rings is 1. The molecule has 1 amide bonds. The minimum Gasteiger partial charge on any atom is -0.454 e. The molecule has 0 unspecified atom stereocenters. The van der Waals surface area contributed by atoms with Crippen molar-refractivity contribution in [2.24, 2.45) is 0 Å². The maximum Gasteiger partial charge on any atom is 0.245 e. The smallest absolute Gasteiger partial charge is 0.245 e. The van der Waals surface area contributed by atoms with E-state index in [1.807, 2.05) is 12.1 Å². The number of hydrogen-bond donors (Lipinski definition) is 0. The number of fused-ring (bicyclic) bond motifs is 3. The van der Waals surface area contributed by atoms with E-state index in [-0.39, 0.29) is 29.0 Å². The first kappa shape index (κ1) is 22.1. The summed E-state index contributed by atoms with van der Waals surface area (Å²) >= 11 is 0. The van der Waals surface area contributed by atoms with Crippen LogP contribution in [0.2, 0.25) is 0 Å². The normalized spacial score (nSPS) is 18.7. The summed E-state index contributed by atoms with van der Waals surface area (Å²) in [5.41, 5.74) is 2.00. The third-order valence-corrected chi connectivity index (χ3v) is 8.56. The fraction of sp³-hybridized carbons (Fsp3) is 0.269. The molecule has 3 aromatic carbocycles. The second kappa shape index (κ2) is 8.67. The van der Waals surface area contributed by atoms with Gasteiger partial charge < -0.3 is 9.47 Å². The first-order valence-corrected chi connectivity index (χ1v) is 13.1. The number of anilines is 2. The zero-order valence-corrected chi connectivity index (χ0v) is 19.9. The van der Waals surface area contributed by atoms with Gasteiger partial charge in [0.2, 0.25) is 22.5 Å². The molecule has 0 radical (unpaired) electrons. The van der Waals surface area contributed by atoms with Gasteiger partial charge in [-0.1, -0.05) is 30.3 Å². The third kappa shape index (κ3) is 3.95. The van der Waals surface area contributed by atoms with Gasteiger partial charge in [-0.25, -0.2) is 8.42 Å². The van der Waals surface area contributed by atoms with Crippen LogP contribution in [0.5, 0.6) is 11.5 Å². The summed E-state index contributed by atoms with van der Waals surface area (Å²) < 4.78 is 37.1. The van der Waals surface area contributed by atoms with Gasteiger partial charge in [-0.05, 0) is 42.0 Å². The molecule has 0 bridgehead atoms. The van der Waals surface area contributed by atoms with E-state index in [9.17, 15) is 13.2 Å². The molecular formula is C26H25N3O5S. The van der Waals surface area contributed by atoms with Crippen LogP contribution in [0, 0.1) is 0 Å². The molecule has 35 heavy (non-hydrogen) atoms. The molecular weight excluding hydrogens is 466 g/mol. The van der Waals surface area contributed by atoms with Crippen molar-refractivity contribution in [2.45, 2.75) is 16.3 Å². The van der Waals surface area contributed by atoms with Crippen LogP contribution in [0.15, 0.2) is 76.5 Å². The predicted molar refractivity (Wildman–Crippen MR) is 130 cm³/mol. The highest BCUT2D eigenvalue weighted by Crippen LogP contribution is 2.43. The largest absolute Gasteiger partial charge is 0.454 e. The zero-order chi connectivity index (χ0) is 24.0. The van der Waals surface area contributed by atoms with E-state index in [0.29, 0.717) is 11.4 Å². The van der Waals surface area contributed by atoms with Crippen molar-refractivity contribution in [3.8, 4) is 11.5 Å². The van der Waals surface area contributed by atoms with Crippen LogP contribution in [0.25, 0.3) is 0 Å². The molecule has 1 saturated heterocycles. The van der Waals surface area contributed by atoms with Crippen LogP contribution in [-0.4, -0.2) is 63.6 Å². The van der Waals surface area contributed by atoms with E-state index < -0.39 is 9.84 Å². The molecule has 0 aliphatic carbocycles. The lowest BCUT2D eigenvalue weighted by atomic mass is 10.1. The minimum atomic E-state index is -3.67. The number of benzene rings is 3. The number of carbonyl (C=O) groups excluding carboxylic acids is 1. The van der Waals surface area contributed by atoms with E-state index >= 15 is 0 Å². The summed E-state index contributed by atoms with van der Waals surface area (Å²) in [6, 6.07) is 19.5. The van der Waals surface area contributed by atoms with Gasteiger partial charge >= 0.3 is 0 Å². The number of sulfone groups is 1. The van der Waals surface area contributed by atoms with Gasteiger partial charge in [0.05, 0.1) is 27.7 Å². The van der Waals surface area contributed by atoms with Crippen LogP contribution in [0.4, 0.5) is 11.4 Å². The molecule has 9 heteroatoms. The lowest BCUT2D eigenvalue weighted by Crippen LogP contribution is -2.49. The van der Waals surface area contributed by atoms with E-state index in [1.165, 1.54) is 5.56 Å². The van der Waals surface area contributed by atoms with Crippen molar-refractivity contribution in [3.63, 3.8) is 0 Å². The standard InChI is InChI=1S/C26H25N3O5S/c30-26(29-20-5-1-3-7-24(20)35(31,32)25-8-4-2-6-21(25)29)17-28-13-11-27(12-14-28)16-19-9-10-22-23(15-19)34-18-33-22/h1-10,15H,11-14,16-18H2. The van der Waals surface area contributed by atoms with E-state index in [1.54, 1.807) is 53.4 Å². The van der Waals surface area contributed by atoms with Crippen molar-refractivity contribution in [1.82, 2.24) is 9.80 Å². The molecule has 8 nitrogen and oxygen atoms in total. The lowest BCUT2D eigenvalue weighted by Gasteiger charge is -2.36. The molecule has 3 heterocycles. The van der Waals surface area contributed by atoms with Gasteiger partial charge in [-0.3, -0.25) is 19.5 Å². The Morgan fingerprint density at radius 1 is 0.771 bits per heavy atom. The molecule has 0 atom stereocenters. The maximum absolute atomic E-state index is 13.5. The Bertz CT molecular complexity index is 1350. The third-order valence-electron chi connectivity index (χ3n) is 6.71. The summed E-state index contributed by atoms with van der Waals surface area (Å²) in [5, 5.41) is 0. The van der Waals surface area contributed by atoms with Crippen molar-refractivity contribution in [3.05, 3.63) is 72.3 Å². The van der Waals surface area contributed by atoms with Crippen molar-refractivity contribution >= 4 is 27.1 Å². The first-order valence-electron chi connectivity index (χ1n) is 11.6. The summed E-state index contributed by atoms with van der Waals surface area (Å²) in [7, 11) is -3.67. The highest BCUT2D eigenvalue weighted by molar-refractivity contribution is 7.92. The Kier molecular flexibility index (Phi) is 5.47. The van der Waals surface area contributed by atoms with E-state index in [0.717, 1.165) is 44.2 Å². The van der Waals surface area contributed by atoms with Gasteiger partial charge in [0.1, 0.15) is 0 Å². The van der Waals surface area contributed by atoms with Crippen LogP contribution in [0.3, 0.4) is 0 Å². The van der Waals surface area contributed by atoms with Gasteiger partial charge in [-0.2, -0.15) is 0 Å². The minimum absolute atomic E-state index is 0.135. The fourth-order valence-corrected chi connectivity index (χ4v) is 6.54. The Morgan fingerprint density at radius 3 is 2.06 bits per heavy atom. The van der Waals surface area contributed by atoms with E-state index in [4.69, 9.17) is 9.47 Å². The number of amides is 1. The average Bonchev–Trinajstić information content (AvgIpc) is 3.34. The average molecular weight is 492 g/mol. The zero-order valence-electron chi connectivity index (χ0n) is 19.1. The van der Waals surface area contributed by atoms with Crippen molar-refractivity contribution < 1.29 is 22.7 Å². The van der Waals surface area contributed by atoms with Gasteiger partial charge in [0.15, 0.2) is 11.5 Å². The maximum atomic E-state index is 13.5. The molecule has 0 N–H and O–H groups in total. The van der Waals surface area contributed by atoms with Gasteiger partial charge in [0, 0.05) is 32.7 Å². The predicted octanol–water partition coefficient (Wildman–Crippen LogP) is 3.04. The monoisotopic (exact) mass is 491 g/mol. The van der Waals surface area contributed by atoms with E-state index in [2.05, 4.69) is 15.9 Å². The molecule has 3 aliphatic heterocycles. The molecule has 6 rings (SSSR count). The molecule has 3 aromatic rings. The van der Waals surface area contributed by atoms with Gasteiger partial charge in [-0.15, -0.1) is 0 Å². The summed E-state index contributed by atoms with van der Waals surface area (Å²) in [4.78, 5) is 19.9. The number of hydrogen-bond acceptors (Lipinski definition) is 7. The molecule has 3 aliphatic rings. The molecule has 0 saturated carbocycles. The van der Waals surface area contributed by atoms with Crippen LogP contribution >= 0.6 is 0 Å². The highest BCUT2D eigenvalue weighted by Gasteiger charge is 2.37. The topological polar surface area (TPSA) is 79.4 Å². The second-order valence-corrected chi connectivity index (χ2v) is 10.8. The quantitative estimate of drug-likeness (QED) is 0.555. The Labute approximate surface area is 204 Å². The van der Waals surface area contributed by atoms with Crippen molar-refractivity contribution in [2.75, 3.05) is 44.4 Å². The Balaban J connectivity index is 1.15. The van der Waals surface area contributed by atoms with Gasteiger partial charge in [0.25, 0.3) is 0 Å². The second-order valence-electron chi connectivity index (χ2n) is 8.91. The summed E-state index contributed by atoms with van der Waals surface area (Å²) in [6.07, 6.45) is 0. The van der Waals surface area contributed by atoms with Crippen LogP contribution in [-0.2, 0) is 21.2 Å². The molecule has 0 aromatic heterocycles. The number of para-hydroxylation sites is 2. The van der Waals surface area contributed by atoms with Crippen LogP contribution in [0.1, 0.15) is 5.56 Å². The lowest BCUT2D eigenvalue weighted by molar-refractivity contribution is -0.119. The molecule has 0 spiro atoms. The number of nitrogens with zero attached hydrogens (tertiary/aromatic N) is 3. The summed E-state index contributed by atoms with van der Waals surface area (Å²) in [5.74, 6) is 1.44. The first-order chi connectivity index (χ1) is 17.0. The molecule has 180 valence electrons. The summed E-state index contributed by atoms with van der Waals surface area (Å²) in [6.45, 7) is 4.48. The molecule has 1 fully saturated rings. The highest BCUT2D eigenvalue weighted by atomic mass is 32.2. The van der Waals surface area contributed by atoms with Crippen LogP contribution < -0.4 is 14.4 Å². The number of rotatable bonds is 4. The number of carbonyl (C=O) groups is 1. The SMILES string of the molecule is O=C(CN1CCN(Cc2ccc3c(c2)OCO3)CC1)N1c2ccccc2S(=O)(=O)c2ccccc21.